The number of rotatable bonds is 7. The van der Waals surface area contributed by atoms with E-state index < -0.39 is 0 Å². The summed E-state index contributed by atoms with van der Waals surface area (Å²) in [6, 6.07) is 7.28. The lowest BCUT2D eigenvalue weighted by molar-refractivity contribution is -0.129. The highest BCUT2D eigenvalue weighted by atomic mass is 35.5. The normalized spacial score (nSPS) is 9.70. The van der Waals surface area contributed by atoms with Crippen LogP contribution < -0.4 is 10.1 Å². The van der Waals surface area contributed by atoms with Gasteiger partial charge in [0.2, 0.25) is 5.91 Å². The van der Waals surface area contributed by atoms with E-state index >= 15 is 0 Å². The van der Waals surface area contributed by atoms with Gasteiger partial charge in [0.15, 0.2) is 0 Å². The van der Waals surface area contributed by atoms with E-state index in [4.69, 9.17) is 21.6 Å². The van der Waals surface area contributed by atoms with Gasteiger partial charge in [-0.2, -0.15) is 5.26 Å². The molecule has 0 fully saturated rings. The maximum Gasteiger partial charge on any atom is 0.224 e. The van der Waals surface area contributed by atoms with Gasteiger partial charge in [-0.3, -0.25) is 4.79 Å². The van der Waals surface area contributed by atoms with Crippen molar-refractivity contribution in [2.24, 2.45) is 0 Å². The lowest BCUT2D eigenvalue weighted by Gasteiger charge is -2.16. The molecule has 0 aliphatic carbocycles. The van der Waals surface area contributed by atoms with Gasteiger partial charge in [0.25, 0.3) is 0 Å². The lowest BCUT2D eigenvalue weighted by atomic mass is 10.2. The van der Waals surface area contributed by atoms with E-state index in [-0.39, 0.29) is 5.91 Å². The molecule has 0 unspecified atom stereocenters. The minimum absolute atomic E-state index is 0.00579. The van der Waals surface area contributed by atoms with E-state index in [1.54, 1.807) is 37.3 Å². The fourth-order valence-corrected chi connectivity index (χ4v) is 1.83. The summed E-state index contributed by atoms with van der Waals surface area (Å²) in [7, 11) is 3.27. The van der Waals surface area contributed by atoms with Gasteiger partial charge in [-0.15, -0.1) is 0 Å². The molecule has 0 radical (unpaired) electrons. The molecule has 0 aliphatic rings. The quantitative estimate of drug-likeness (QED) is 0.839. The summed E-state index contributed by atoms with van der Waals surface area (Å²) in [5, 5.41) is 12.2. The third-order valence-electron chi connectivity index (χ3n) is 2.80. The van der Waals surface area contributed by atoms with Crippen LogP contribution >= 0.6 is 11.6 Å². The topological polar surface area (TPSA) is 65.4 Å². The smallest absolute Gasteiger partial charge is 0.224 e. The SMILES string of the molecule is COc1ccc(Cl)cc1NCCC(=O)N(C)CCC#N. The number of methoxy groups -OCH3 is 1. The Balaban J connectivity index is 2.46. The summed E-state index contributed by atoms with van der Waals surface area (Å²) in [5.74, 6) is 0.674. The van der Waals surface area contributed by atoms with Crippen molar-refractivity contribution in [3.8, 4) is 11.8 Å². The third kappa shape index (κ3) is 4.98. The second-order valence-electron chi connectivity index (χ2n) is 4.24. The number of hydrogen-bond acceptors (Lipinski definition) is 4. The highest BCUT2D eigenvalue weighted by Crippen LogP contribution is 2.27. The standard InChI is InChI=1S/C14H18ClN3O2/c1-18(9-3-7-16)14(19)6-8-17-12-10-11(15)4-5-13(12)20-2/h4-5,10,17H,3,6,8-9H2,1-2H3. The zero-order valence-corrected chi connectivity index (χ0v) is 12.4. The number of nitrogens with one attached hydrogen (secondary N) is 1. The number of nitrogens with zero attached hydrogens (tertiary/aromatic N) is 2. The number of ether oxygens (including phenoxy) is 1. The third-order valence-corrected chi connectivity index (χ3v) is 3.04. The number of benzene rings is 1. The molecular weight excluding hydrogens is 278 g/mol. The molecule has 5 nitrogen and oxygen atoms in total. The van der Waals surface area contributed by atoms with Crippen LogP contribution in [0.2, 0.25) is 5.02 Å². The number of amides is 1. The zero-order valence-electron chi connectivity index (χ0n) is 11.6. The summed E-state index contributed by atoms with van der Waals surface area (Å²) in [6.07, 6.45) is 0.690. The van der Waals surface area contributed by atoms with Gasteiger partial charge in [0.1, 0.15) is 5.75 Å². The predicted molar refractivity (Wildman–Crippen MR) is 79.0 cm³/mol. The fourth-order valence-electron chi connectivity index (χ4n) is 1.66. The largest absolute Gasteiger partial charge is 0.495 e. The second kappa shape index (κ2) is 8.28. The van der Waals surface area contributed by atoms with Gasteiger partial charge >= 0.3 is 0 Å². The molecule has 1 N–H and O–H groups in total. The first-order chi connectivity index (χ1) is 9.58. The summed E-state index contributed by atoms with van der Waals surface area (Å²) in [5.41, 5.74) is 0.757. The molecule has 20 heavy (non-hydrogen) atoms. The monoisotopic (exact) mass is 295 g/mol. The van der Waals surface area contributed by atoms with Crippen LogP contribution in [-0.2, 0) is 4.79 Å². The van der Waals surface area contributed by atoms with Crippen molar-refractivity contribution in [1.82, 2.24) is 4.90 Å². The Bertz CT molecular complexity index is 500. The van der Waals surface area contributed by atoms with Gasteiger partial charge in [-0.1, -0.05) is 11.6 Å². The summed E-state index contributed by atoms with van der Waals surface area (Å²) in [4.78, 5) is 13.3. The molecule has 0 aliphatic heterocycles. The van der Waals surface area contributed by atoms with Crippen molar-refractivity contribution in [1.29, 1.82) is 5.26 Å². The van der Waals surface area contributed by atoms with E-state index in [0.29, 0.717) is 36.7 Å². The molecule has 6 heteroatoms. The van der Waals surface area contributed by atoms with Crippen molar-refractivity contribution in [2.45, 2.75) is 12.8 Å². The maximum atomic E-state index is 11.8. The van der Waals surface area contributed by atoms with Gasteiger partial charge in [0.05, 0.1) is 25.3 Å². The molecule has 1 aromatic carbocycles. The molecule has 0 saturated carbocycles. The van der Waals surface area contributed by atoms with Gasteiger partial charge < -0.3 is 15.0 Å². The Hall–Kier alpha value is -1.93. The van der Waals surface area contributed by atoms with E-state index in [0.717, 1.165) is 5.69 Å². The molecule has 1 rings (SSSR count). The number of carbonyl (C=O) groups is 1. The highest BCUT2D eigenvalue weighted by molar-refractivity contribution is 6.30. The average molecular weight is 296 g/mol. The van der Waals surface area contributed by atoms with E-state index in [1.165, 1.54) is 0 Å². The van der Waals surface area contributed by atoms with E-state index in [9.17, 15) is 4.79 Å². The van der Waals surface area contributed by atoms with Crippen LogP contribution in [0.15, 0.2) is 18.2 Å². The molecule has 1 amide bonds. The molecule has 0 spiro atoms. The Labute approximate surface area is 124 Å². The van der Waals surface area contributed by atoms with Crippen molar-refractivity contribution >= 4 is 23.2 Å². The lowest BCUT2D eigenvalue weighted by Crippen LogP contribution is -2.29. The van der Waals surface area contributed by atoms with Crippen LogP contribution in [0.25, 0.3) is 0 Å². The van der Waals surface area contributed by atoms with Gasteiger partial charge in [0, 0.05) is 31.6 Å². The Morgan fingerprint density at radius 1 is 1.55 bits per heavy atom. The molecule has 0 aromatic heterocycles. The Kier molecular flexibility index (Phi) is 6.68. The maximum absolute atomic E-state index is 11.8. The molecule has 0 saturated heterocycles. The van der Waals surface area contributed by atoms with Crippen molar-refractivity contribution in [3.63, 3.8) is 0 Å². The minimum Gasteiger partial charge on any atom is -0.495 e. The van der Waals surface area contributed by atoms with Crippen LogP contribution in [0.5, 0.6) is 5.75 Å². The average Bonchev–Trinajstić information content (AvgIpc) is 2.44. The number of nitriles is 1. The zero-order chi connectivity index (χ0) is 15.0. The number of anilines is 1. The minimum atomic E-state index is -0.00579. The van der Waals surface area contributed by atoms with Crippen LogP contribution in [0.1, 0.15) is 12.8 Å². The Morgan fingerprint density at radius 2 is 2.30 bits per heavy atom. The fraction of sp³-hybridized carbons (Fsp3) is 0.429. The van der Waals surface area contributed by atoms with Crippen LogP contribution in [0.4, 0.5) is 5.69 Å². The molecular formula is C14H18ClN3O2. The number of carbonyl (C=O) groups excluding carboxylic acids is 1. The molecule has 0 atom stereocenters. The van der Waals surface area contributed by atoms with Crippen molar-refractivity contribution in [2.75, 3.05) is 32.6 Å². The Morgan fingerprint density at radius 3 is 2.95 bits per heavy atom. The van der Waals surface area contributed by atoms with Crippen LogP contribution in [0, 0.1) is 11.3 Å². The second-order valence-corrected chi connectivity index (χ2v) is 4.68. The van der Waals surface area contributed by atoms with E-state index in [2.05, 4.69) is 5.32 Å². The first-order valence-electron chi connectivity index (χ1n) is 6.26. The molecule has 0 bridgehead atoms. The predicted octanol–water partition coefficient (Wildman–Crippen LogP) is 2.52. The van der Waals surface area contributed by atoms with Crippen molar-refractivity contribution < 1.29 is 9.53 Å². The van der Waals surface area contributed by atoms with Gasteiger partial charge in [-0.05, 0) is 18.2 Å². The molecule has 0 heterocycles. The molecule has 108 valence electrons. The van der Waals surface area contributed by atoms with Crippen molar-refractivity contribution in [3.05, 3.63) is 23.2 Å². The first-order valence-corrected chi connectivity index (χ1v) is 6.64. The number of halogens is 1. The molecule has 1 aromatic rings. The summed E-state index contributed by atoms with van der Waals surface area (Å²) < 4.78 is 5.21. The van der Waals surface area contributed by atoms with Crippen LogP contribution in [-0.4, -0.2) is 38.1 Å². The number of hydrogen-bond donors (Lipinski definition) is 1. The summed E-state index contributed by atoms with van der Waals surface area (Å²) >= 11 is 5.92. The first kappa shape index (κ1) is 16.1. The van der Waals surface area contributed by atoms with E-state index in [1.807, 2.05) is 6.07 Å². The van der Waals surface area contributed by atoms with Crippen LogP contribution in [0.3, 0.4) is 0 Å². The summed E-state index contributed by atoms with van der Waals surface area (Å²) in [6.45, 7) is 0.933. The van der Waals surface area contributed by atoms with Gasteiger partial charge in [-0.25, -0.2) is 0 Å². The highest BCUT2D eigenvalue weighted by Gasteiger charge is 2.09.